The van der Waals surface area contributed by atoms with E-state index in [2.05, 4.69) is 26.2 Å². The smallest absolute Gasteiger partial charge is 0.330 e. The first-order valence-electron chi connectivity index (χ1n) is 5.15. The number of ether oxygens (including phenoxy) is 1. The molecule has 0 unspecified atom stereocenters. The summed E-state index contributed by atoms with van der Waals surface area (Å²) >= 11 is 0. The van der Waals surface area contributed by atoms with E-state index in [1.807, 2.05) is 12.6 Å². The molecule has 0 heterocycles. The Kier molecular flexibility index (Phi) is 8.49. The predicted molar refractivity (Wildman–Crippen MR) is 67.8 cm³/mol. The molecule has 14 heavy (non-hydrogen) atoms. The minimum Gasteiger partial charge on any atom is -0.502 e. The van der Waals surface area contributed by atoms with E-state index < -0.39 is 27.4 Å². The van der Waals surface area contributed by atoms with Gasteiger partial charge < -0.3 is 13.0 Å². The highest BCUT2D eigenvalue weighted by atomic mass is 28.4. The normalized spacial score (nSPS) is 12.3. The van der Waals surface area contributed by atoms with Gasteiger partial charge in [-0.15, -0.1) is 0 Å². The van der Waals surface area contributed by atoms with Crippen molar-refractivity contribution in [3.63, 3.8) is 0 Å². The zero-order valence-electron chi connectivity index (χ0n) is 9.82. The van der Waals surface area contributed by atoms with E-state index in [1.165, 1.54) is 0 Å². The molecular formula is C8H22O3Si3. The fourth-order valence-corrected chi connectivity index (χ4v) is 6.97. The lowest BCUT2D eigenvalue weighted by Crippen LogP contribution is -2.31. The third kappa shape index (κ3) is 8.70. The Morgan fingerprint density at radius 3 is 1.86 bits per heavy atom. The fourth-order valence-electron chi connectivity index (χ4n) is 0.875. The molecule has 0 saturated carbocycles. The summed E-state index contributed by atoms with van der Waals surface area (Å²) in [5, 5.41) is 0. The summed E-state index contributed by atoms with van der Waals surface area (Å²) in [7, 11) is -3.54. The third-order valence-corrected chi connectivity index (χ3v) is 8.28. The first-order chi connectivity index (χ1) is 6.56. The van der Waals surface area contributed by atoms with E-state index in [9.17, 15) is 0 Å². The van der Waals surface area contributed by atoms with Gasteiger partial charge in [0.2, 0.25) is 0 Å². The second kappa shape index (κ2) is 8.42. The van der Waals surface area contributed by atoms with Gasteiger partial charge in [0.05, 0.1) is 12.9 Å². The molecule has 0 aliphatic rings. The van der Waals surface area contributed by atoms with Crippen molar-refractivity contribution in [1.82, 2.24) is 0 Å². The minimum atomic E-state index is -1.56. The highest BCUT2D eigenvalue weighted by molar-refractivity contribution is 6.69. The third-order valence-electron chi connectivity index (χ3n) is 1.31. The van der Waals surface area contributed by atoms with E-state index >= 15 is 0 Å². The van der Waals surface area contributed by atoms with Gasteiger partial charge in [0.1, 0.15) is 0 Å². The van der Waals surface area contributed by atoms with Crippen LogP contribution in [0.25, 0.3) is 0 Å². The molecular weight excluding hydrogens is 228 g/mol. The number of rotatable bonds is 7. The van der Waals surface area contributed by atoms with Crippen molar-refractivity contribution in [2.75, 3.05) is 6.61 Å². The van der Waals surface area contributed by atoms with E-state index in [0.717, 1.165) is 0 Å². The molecule has 0 aliphatic carbocycles. The van der Waals surface area contributed by atoms with E-state index in [1.54, 1.807) is 6.26 Å². The molecule has 0 spiro atoms. The highest BCUT2D eigenvalue weighted by Crippen LogP contribution is 1.98. The van der Waals surface area contributed by atoms with Crippen LogP contribution in [-0.2, 0) is 13.0 Å². The second-order valence-electron chi connectivity index (χ2n) is 3.52. The molecule has 84 valence electrons. The average molecular weight is 251 g/mol. The Morgan fingerprint density at radius 2 is 1.50 bits per heavy atom. The van der Waals surface area contributed by atoms with Crippen molar-refractivity contribution >= 4 is 27.4 Å². The minimum absolute atomic E-state index is 0.704. The maximum atomic E-state index is 5.83. The lowest BCUT2D eigenvalue weighted by Gasteiger charge is -2.18. The summed E-state index contributed by atoms with van der Waals surface area (Å²) in [6.45, 7) is 11.3. The number of hydrogen-bond acceptors (Lipinski definition) is 3. The van der Waals surface area contributed by atoms with Crippen molar-refractivity contribution < 1.29 is 13.0 Å². The van der Waals surface area contributed by atoms with Crippen molar-refractivity contribution in [2.24, 2.45) is 0 Å². The van der Waals surface area contributed by atoms with Gasteiger partial charge in [0.15, 0.2) is 18.1 Å². The second-order valence-corrected chi connectivity index (χ2v) is 11.0. The summed E-state index contributed by atoms with van der Waals surface area (Å²) < 4.78 is 16.8. The summed E-state index contributed by atoms with van der Waals surface area (Å²) in [4.78, 5) is 0. The van der Waals surface area contributed by atoms with E-state index in [4.69, 9.17) is 13.0 Å². The SMILES string of the molecule is CCOC=C[SiH](O[SiH](C)C)O[SiH](C)C. The zero-order valence-corrected chi connectivity index (χ0v) is 13.3. The lowest BCUT2D eigenvalue weighted by atomic mass is 10.9. The zero-order chi connectivity index (χ0) is 11.0. The Balaban J connectivity index is 3.96. The predicted octanol–water partition coefficient (Wildman–Crippen LogP) is 1.30. The molecule has 0 radical (unpaired) electrons. The summed E-state index contributed by atoms with van der Waals surface area (Å²) in [5.74, 6) is 0. The van der Waals surface area contributed by atoms with Crippen LogP contribution in [-0.4, -0.2) is 34.0 Å². The van der Waals surface area contributed by atoms with Crippen molar-refractivity contribution in [1.29, 1.82) is 0 Å². The Hall–Kier alpha value is 0.111. The van der Waals surface area contributed by atoms with Gasteiger partial charge in [-0.3, -0.25) is 0 Å². The molecule has 6 heteroatoms. The highest BCUT2D eigenvalue weighted by Gasteiger charge is 2.13. The quantitative estimate of drug-likeness (QED) is 0.503. The standard InChI is InChI=1S/C8H22O3Si3/c1-6-9-7-8-14(10-12(2)3)11-13(4)5/h7-8,12-14H,6H2,1-5H3. The van der Waals surface area contributed by atoms with Gasteiger partial charge in [0, 0.05) is 0 Å². The molecule has 0 aromatic rings. The molecule has 0 bridgehead atoms. The largest absolute Gasteiger partial charge is 0.502 e. The Bertz CT molecular complexity index is 152. The van der Waals surface area contributed by atoms with E-state index in [0.29, 0.717) is 6.61 Å². The molecule has 0 rings (SSSR count). The van der Waals surface area contributed by atoms with Crippen LogP contribution in [0.1, 0.15) is 6.92 Å². The fraction of sp³-hybridized carbons (Fsp3) is 0.750. The van der Waals surface area contributed by atoms with Gasteiger partial charge in [-0.1, -0.05) is 0 Å². The van der Waals surface area contributed by atoms with Crippen LogP contribution in [0.5, 0.6) is 0 Å². The van der Waals surface area contributed by atoms with Gasteiger partial charge in [-0.05, 0) is 38.8 Å². The average Bonchev–Trinajstić information content (AvgIpc) is 2.02. The van der Waals surface area contributed by atoms with Crippen molar-refractivity contribution in [3.8, 4) is 0 Å². The number of hydrogen-bond donors (Lipinski definition) is 0. The van der Waals surface area contributed by atoms with Gasteiger partial charge in [-0.25, -0.2) is 0 Å². The summed E-state index contributed by atoms with van der Waals surface area (Å²) in [5.41, 5.74) is 1.99. The Labute approximate surface area is 92.4 Å². The lowest BCUT2D eigenvalue weighted by molar-refractivity contribution is 0.269. The Morgan fingerprint density at radius 1 is 1.00 bits per heavy atom. The summed E-state index contributed by atoms with van der Waals surface area (Å²) in [6.07, 6.45) is 1.73. The van der Waals surface area contributed by atoms with Crippen LogP contribution in [0.15, 0.2) is 12.0 Å². The molecule has 0 atom stereocenters. The van der Waals surface area contributed by atoms with Gasteiger partial charge in [-0.2, -0.15) is 0 Å². The first kappa shape index (κ1) is 14.1. The maximum absolute atomic E-state index is 5.83. The monoisotopic (exact) mass is 250 g/mol. The molecule has 0 saturated heterocycles. The van der Waals surface area contributed by atoms with Crippen LogP contribution in [0.3, 0.4) is 0 Å². The molecule has 0 aromatic carbocycles. The van der Waals surface area contributed by atoms with Crippen LogP contribution in [0.2, 0.25) is 26.2 Å². The van der Waals surface area contributed by atoms with Crippen molar-refractivity contribution in [2.45, 2.75) is 33.1 Å². The van der Waals surface area contributed by atoms with Gasteiger partial charge in [0.25, 0.3) is 0 Å². The van der Waals surface area contributed by atoms with Crippen LogP contribution in [0, 0.1) is 0 Å². The van der Waals surface area contributed by atoms with E-state index in [-0.39, 0.29) is 0 Å². The van der Waals surface area contributed by atoms with Crippen LogP contribution in [0.4, 0.5) is 0 Å². The molecule has 0 amide bonds. The molecule has 0 aromatic heterocycles. The van der Waals surface area contributed by atoms with Crippen LogP contribution < -0.4 is 0 Å². The van der Waals surface area contributed by atoms with Crippen molar-refractivity contribution in [3.05, 3.63) is 12.0 Å². The summed E-state index contributed by atoms with van der Waals surface area (Å²) in [6, 6.07) is 0. The topological polar surface area (TPSA) is 27.7 Å². The first-order valence-corrected chi connectivity index (χ1v) is 12.3. The molecule has 0 N–H and O–H groups in total. The maximum Gasteiger partial charge on any atom is 0.330 e. The molecule has 3 nitrogen and oxygen atoms in total. The van der Waals surface area contributed by atoms with Crippen LogP contribution >= 0.6 is 0 Å². The molecule has 0 aliphatic heterocycles. The molecule has 0 fully saturated rings. The van der Waals surface area contributed by atoms with Gasteiger partial charge >= 0.3 is 9.28 Å².